The van der Waals surface area contributed by atoms with Crippen molar-refractivity contribution in [1.29, 1.82) is 5.26 Å². The van der Waals surface area contributed by atoms with Gasteiger partial charge in [0.15, 0.2) is 0 Å². The second-order valence-electron chi connectivity index (χ2n) is 4.71. The molecule has 0 aliphatic rings. The van der Waals surface area contributed by atoms with E-state index < -0.39 is 0 Å². The maximum atomic E-state index is 11.7. The summed E-state index contributed by atoms with van der Waals surface area (Å²) in [5, 5.41) is 9.30. The molecule has 4 heteroatoms. The summed E-state index contributed by atoms with van der Waals surface area (Å²) in [6.45, 7) is 3.69. The third-order valence-corrected chi connectivity index (χ3v) is 3.10. The van der Waals surface area contributed by atoms with Crippen molar-refractivity contribution in [3.05, 3.63) is 35.9 Å². The lowest BCUT2D eigenvalue weighted by Gasteiger charge is -2.24. The number of hydrogen-bond donors (Lipinski definition) is 0. The minimum absolute atomic E-state index is 0.0617. The van der Waals surface area contributed by atoms with Gasteiger partial charge in [-0.25, -0.2) is 0 Å². The normalized spacial score (nSPS) is 11.9. The lowest BCUT2D eigenvalue weighted by molar-refractivity contribution is -0.129. The topological polar surface area (TPSA) is 47.3 Å². The fourth-order valence-electron chi connectivity index (χ4n) is 1.80. The zero-order chi connectivity index (χ0) is 14.3. The summed E-state index contributed by atoms with van der Waals surface area (Å²) in [7, 11) is 3.49. The fourth-order valence-corrected chi connectivity index (χ4v) is 1.80. The van der Waals surface area contributed by atoms with Crippen LogP contribution in [0.3, 0.4) is 0 Å². The van der Waals surface area contributed by atoms with E-state index in [2.05, 4.69) is 6.07 Å². The van der Waals surface area contributed by atoms with Gasteiger partial charge in [-0.3, -0.25) is 9.69 Å². The predicted molar refractivity (Wildman–Crippen MR) is 75.6 cm³/mol. The Morgan fingerprint density at radius 2 is 1.95 bits per heavy atom. The average molecular weight is 259 g/mol. The Morgan fingerprint density at radius 1 is 1.32 bits per heavy atom. The third kappa shape index (κ3) is 4.72. The maximum Gasteiger partial charge on any atom is 0.236 e. The van der Waals surface area contributed by atoms with Crippen LogP contribution in [0.1, 0.15) is 18.4 Å². The Balaban J connectivity index is 2.69. The van der Waals surface area contributed by atoms with Crippen LogP contribution in [0.5, 0.6) is 0 Å². The number of rotatable bonds is 6. The quantitative estimate of drug-likeness (QED) is 0.781. The Morgan fingerprint density at radius 3 is 2.42 bits per heavy atom. The van der Waals surface area contributed by atoms with Crippen LogP contribution in [0.15, 0.2) is 30.3 Å². The zero-order valence-corrected chi connectivity index (χ0v) is 11.8. The SMILES string of the molecule is CCN(CC(=O)N(C)C)CC(C#N)c1ccccc1. The predicted octanol–water partition coefficient (Wildman–Crippen LogP) is 1.70. The molecule has 1 amide bonds. The first kappa shape index (κ1) is 15.2. The van der Waals surface area contributed by atoms with Gasteiger partial charge in [-0.15, -0.1) is 0 Å². The van der Waals surface area contributed by atoms with Gasteiger partial charge in [-0.1, -0.05) is 37.3 Å². The molecule has 1 atom stereocenters. The minimum Gasteiger partial charge on any atom is -0.348 e. The highest BCUT2D eigenvalue weighted by Gasteiger charge is 2.17. The van der Waals surface area contributed by atoms with Crippen LogP contribution >= 0.6 is 0 Å². The molecule has 0 spiro atoms. The van der Waals surface area contributed by atoms with Crippen LogP contribution in [0.25, 0.3) is 0 Å². The molecule has 4 nitrogen and oxygen atoms in total. The second kappa shape index (κ2) is 7.55. The van der Waals surface area contributed by atoms with Crippen LogP contribution in [0.2, 0.25) is 0 Å². The summed E-state index contributed by atoms with van der Waals surface area (Å²) in [6, 6.07) is 12.0. The van der Waals surface area contributed by atoms with E-state index in [1.54, 1.807) is 19.0 Å². The molecule has 1 rings (SSSR count). The Labute approximate surface area is 115 Å². The summed E-state index contributed by atoms with van der Waals surface area (Å²) in [4.78, 5) is 15.3. The third-order valence-electron chi connectivity index (χ3n) is 3.10. The molecule has 0 aromatic heterocycles. The highest BCUT2D eigenvalue weighted by atomic mass is 16.2. The van der Waals surface area contributed by atoms with Crippen LogP contribution in [-0.2, 0) is 4.79 Å². The molecule has 0 heterocycles. The number of carbonyl (C=O) groups is 1. The van der Waals surface area contributed by atoms with E-state index in [1.165, 1.54) is 0 Å². The molecular formula is C15H21N3O. The zero-order valence-electron chi connectivity index (χ0n) is 11.8. The molecule has 1 unspecified atom stereocenters. The van der Waals surface area contributed by atoms with Crippen molar-refractivity contribution in [3.8, 4) is 6.07 Å². The van der Waals surface area contributed by atoms with Gasteiger partial charge in [-0.05, 0) is 12.1 Å². The van der Waals surface area contributed by atoms with Gasteiger partial charge in [0.2, 0.25) is 5.91 Å². The van der Waals surface area contributed by atoms with Gasteiger partial charge in [0.1, 0.15) is 0 Å². The minimum atomic E-state index is -0.198. The molecule has 19 heavy (non-hydrogen) atoms. The molecule has 102 valence electrons. The van der Waals surface area contributed by atoms with Crippen LogP contribution in [0.4, 0.5) is 0 Å². The first-order valence-electron chi connectivity index (χ1n) is 6.45. The van der Waals surface area contributed by atoms with E-state index in [9.17, 15) is 10.1 Å². The molecule has 0 aliphatic carbocycles. The van der Waals surface area contributed by atoms with Gasteiger partial charge < -0.3 is 4.90 Å². The Bertz CT molecular complexity index is 436. The molecule has 0 radical (unpaired) electrons. The van der Waals surface area contributed by atoms with E-state index >= 15 is 0 Å². The molecule has 0 saturated heterocycles. The van der Waals surface area contributed by atoms with Crippen molar-refractivity contribution in [1.82, 2.24) is 9.80 Å². The van der Waals surface area contributed by atoms with Crippen molar-refractivity contribution in [3.63, 3.8) is 0 Å². The highest BCUT2D eigenvalue weighted by molar-refractivity contribution is 5.77. The molecule has 0 fully saturated rings. The summed E-state index contributed by atoms with van der Waals surface area (Å²) in [5.41, 5.74) is 1.00. The standard InChI is InChI=1S/C15H21N3O/c1-4-18(12-15(19)17(2)3)11-14(10-16)13-8-6-5-7-9-13/h5-9,14H,4,11-12H2,1-3H3. The largest absolute Gasteiger partial charge is 0.348 e. The maximum absolute atomic E-state index is 11.7. The van der Waals surface area contributed by atoms with Gasteiger partial charge in [-0.2, -0.15) is 5.26 Å². The van der Waals surface area contributed by atoms with E-state index in [1.807, 2.05) is 42.2 Å². The molecule has 0 bridgehead atoms. The number of likely N-dealkylation sites (N-methyl/N-ethyl adjacent to an activating group) is 2. The van der Waals surface area contributed by atoms with Crippen LogP contribution < -0.4 is 0 Å². The number of benzene rings is 1. The second-order valence-corrected chi connectivity index (χ2v) is 4.71. The van der Waals surface area contributed by atoms with E-state index in [0.29, 0.717) is 13.1 Å². The highest BCUT2D eigenvalue weighted by Crippen LogP contribution is 2.15. The number of amides is 1. The number of carbonyl (C=O) groups excluding carboxylic acids is 1. The lowest BCUT2D eigenvalue weighted by atomic mass is 10.00. The number of nitrogens with zero attached hydrogens (tertiary/aromatic N) is 3. The molecular weight excluding hydrogens is 238 g/mol. The van der Waals surface area contributed by atoms with Crippen LogP contribution in [0, 0.1) is 11.3 Å². The van der Waals surface area contributed by atoms with E-state index in [-0.39, 0.29) is 11.8 Å². The first-order valence-corrected chi connectivity index (χ1v) is 6.45. The summed E-state index contributed by atoms with van der Waals surface area (Å²) in [5.74, 6) is -0.136. The summed E-state index contributed by atoms with van der Waals surface area (Å²) < 4.78 is 0. The molecule has 0 N–H and O–H groups in total. The average Bonchev–Trinajstić information content (AvgIpc) is 2.43. The van der Waals surface area contributed by atoms with Gasteiger partial charge in [0, 0.05) is 20.6 Å². The molecule has 1 aromatic carbocycles. The van der Waals surface area contributed by atoms with Crippen LogP contribution in [-0.4, -0.2) is 49.4 Å². The molecule has 0 aliphatic heterocycles. The van der Waals surface area contributed by atoms with Crippen molar-refractivity contribution in [2.45, 2.75) is 12.8 Å². The first-order chi connectivity index (χ1) is 9.08. The number of nitriles is 1. The Hall–Kier alpha value is -1.86. The monoisotopic (exact) mass is 259 g/mol. The van der Waals surface area contributed by atoms with Gasteiger partial charge in [0.05, 0.1) is 18.5 Å². The lowest BCUT2D eigenvalue weighted by Crippen LogP contribution is -2.38. The summed E-state index contributed by atoms with van der Waals surface area (Å²) in [6.07, 6.45) is 0. The van der Waals surface area contributed by atoms with Gasteiger partial charge in [0.25, 0.3) is 0 Å². The van der Waals surface area contributed by atoms with Crippen molar-refractivity contribution in [2.75, 3.05) is 33.7 Å². The van der Waals surface area contributed by atoms with Crippen molar-refractivity contribution < 1.29 is 4.79 Å². The van der Waals surface area contributed by atoms with Gasteiger partial charge >= 0.3 is 0 Å². The van der Waals surface area contributed by atoms with Crippen molar-refractivity contribution in [2.24, 2.45) is 0 Å². The fraction of sp³-hybridized carbons (Fsp3) is 0.467. The van der Waals surface area contributed by atoms with Crippen molar-refractivity contribution >= 4 is 5.91 Å². The van der Waals surface area contributed by atoms with E-state index in [0.717, 1.165) is 12.1 Å². The smallest absolute Gasteiger partial charge is 0.236 e. The number of hydrogen-bond acceptors (Lipinski definition) is 3. The van der Waals surface area contributed by atoms with E-state index in [4.69, 9.17) is 0 Å². The Kier molecular flexibility index (Phi) is 6.04. The summed E-state index contributed by atoms with van der Waals surface area (Å²) >= 11 is 0. The molecule has 0 saturated carbocycles. The molecule has 1 aromatic rings.